The van der Waals surface area contributed by atoms with Gasteiger partial charge in [-0.15, -0.1) is 0 Å². The summed E-state index contributed by atoms with van der Waals surface area (Å²) in [6.07, 6.45) is 4.38. The zero-order valence-corrected chi connectivity index (χ0v) is 37.0. The molecule has 0 amide bonds. The van der Waals surface area contributed by atoms with Crippen LogP contribution in [0.4, 0.5) is 0 Å². The second-order valence-electron chi connectivity index (χ2n) is 18.7. The first-order valence-corrected chi connectivity index (χ1v) is 21.7. The summed E-state index contributed by atoms with van der Waals surface area (Å²) in [6, 6.07) is 30.3. The molecule has 7 rings (SSSR count). The molecule has 0 aromatic heterocycles. The summed E-state index contributed by atoms with van der Waals surface area (Å²) in [5, 5.41) is 12.7. The molecule has 0 radical (unpaired) electrons. The number of rotatable bonds is 11. The fourth-order valence-corrected chi connectivity index (χ4v) is 11.0. The van der Waals surface area contributed by atoms with Gasteiger partial charge in [0.15, 0.2) is 5.60 Å². The second kappa shape index (κ2) is 14.9. The van der Waals surface area contributed by atoms with Crippen LogP contribution in [0.25, 0.3) is 28.0 Å². The Hall–Kier alpha value is -4.64. The van der Waals surface area contributed by atoms with Crippen LogP contribution >= 0.6 is 0 Å². The lowest BCUT2D eigenvalue weighted by Gasteiger charge is -2.41. The van der Waals surface area contributed by atoms with Gasteiger partial charge >= 0.3 is 9.05 Å². The Labute approximate surface area is 345 Å². The van der Waals surface area contributed by atoms with Crippen molar-refractivity contribution in [3.8, 4) is 34.1 Å². The molecule has 0 bridgehead atoms. The highest BCUT2D eigenvalue weighted by atomic mass is 28.4. The summed E-state index contributed by atoms with van der Waals surface area (Å²) < 4.78 is 45.1. The summed E-state index contributed by atoms with van der Waals surface area (Å²) >= 11 is 0. The van der Waals surface area contributed by atoms with E-state index in [1.54, 1.807) is 13.2 Å². The van der Waals surface area contributed by atoms with E-state index < -0.39 is 31.5 Å². The van der Waals surface area contributed by atoms with Crippen molar-refractivity contribution in [2.75, 3.05) is 20.3 Å². The fourth-order valence-electron chi connectivity index (χ4n) is 8.14. The van der Waals surface area contributed by atoms with Gasteiger partial charge in [-0.1, -0.05) is 74.5 Å². The maximum atomic E-state index is 10.6. The number of hydrogen-bond acceptors (Lipinski definition) is 8. The topological polar surface area (TPSA) is 84.8 Å². The van der Waals surface area contributed by atoms with Gasteiger partial charge < -0.3 is 37.0 Å². The van der Waals surface area contributed by atoms with E-state index in [-0.39, 0.29) is 24.4 Å². The highest BCUT2D eigenvalue weighted by Crippen LogP contribution is 2.58. The summed E-state index contributed by atoms with van der Waals surface area (Å²) in [5.74, 6) is 2.52. The van der Waals surface area contributed by atoms with Crippen molar-refractivity contribution in [3.63, 3.8) is 0 Å². The molecule has 0 saturated heterocycles. The van der Waals surface area contributed by atoms with Crippen molar-refractivity contribution in [2.45, 2.75) is 104 Å². The van der Waals surface area contributed by atoms with E-state index in [1.807, 2.05) is 98.7 Å². The predicted octanol–water partition coefficient (Wildman–Crippen LogP) is 11.5. The number of ether oxygens (including phenoxy) is 3. The molecule has 1 atom stereocenters. The van der Waals surface area contributed by atoms with Crippen LogP contribution in [0.3, 0.4) is 0 Å². The van der Waals surface area contributed by atoms with E-state index in [1.165, 1.54) is 11.1 Å². The first-order chi connectivity index (χ1) is 27.1. The lowest BCUT2D eigenvalue weighted by atomic mass is 9.77. The van der Waals surface area contributed by atoms with Crippen LogP contribution in [0.2, 0.25) is 0 Å². The average molecular weight is 803 g/mol. The van der Waals surface area contributed by atoms with Crippen molar-refractivity contribution in [1.82, 2.24) is 0 Å². The first kappa shape index (κ1) is 41.5. The molecule has 5 aromatic rings. The molecular weight excluding hydrogens is 745 g/mol. The quantitative estimate of drug-likeness (QED) is 0.104. The van der Waals surface area contributed by atoms with E-state index in [0.29, 0.717) is 5.75 Å². The Balaban J connectivity index is 1.22. The Bertz CT molecular complexity index is 2280. The summed E-state index contributed by atoms with van der Waals surface area (Å²) in [4.78, 5) is 0. The molecule has 1 aliphatic carbocycles. The minimum Gasteiger partial charge on any atom is -0.508 e. The van der Waals surface area contributed by atoms with Gasteiger partial charge in [0.1, 0.15) is 29.6 Å². The molecule has 1 N–H and O–H groups in total. The first-order valence-electron chi connectivity index (χ1n) is 20.1. The Morgan fingerprint density at radius 3 is 1.78 bits per heavy atom. The van der Waals surface area contributed by atoms with Gasteiger partial charge in [0.05, 0.1) is 30.5 Å². The van der Waals surface area contributed by atoms with Crippen LogP contribution in [0, 0.1) is 0 Å². The highest BCUT2D eigenvalue weighted by molar-refractivity contribution is 6.54. The predicted molar refractivity (Wildman–Crippen MR) is 233 cm³/mol. The third-order valence-corrected chi connectivity index (χ3v) is 13.4. The molecule has 9 heteroatoms. The van der Waals surface area contributed by atoms with Crippen molar-refractivity contribution in [2.24, 2.45) is 0 Å². The number of fused-ring (bicyclic) bond motifs is 8. The van der Waals surface area contributed by atoms with Gasteiger partial charge in [-0.25, -0.2) is 0 Å². The monoisotopic (exact) mass is 802 g/mol. The molecule has 1 unspecified atom stereocenters. The molecule has 1 heterocycles. The van der Waals surface area contributed by atoms with Crippen LogP contribution in [-0.4, -0.2) is 51.3 Å². The molecule has 0 fully saturated rings. The number of phenols is 1. The van der Waals surface area contributed by atoms with Crippen LogP contribution in [-0.2, 0) is 28.7 Å². The molecule has 306 valence electrons. The molecule has 58 heavy (non-hydrogen) atoms. The van der Waals surface area contributed by atoms with Gasteiger partial charge in [0.25, 0.3) is 0 Å². The van der Waals surface area contributed by atoms with Gasteiger partial charge in [0.2, 0.25) is 0 Å². The van der Waals surface area contributed by atoms with Crippen molar-refractivity contribution in [1.29, 1.82) is 0 Å². The van der Waals surface area contributed by atoms with Gasteiger partial charge in [0, 0.05) is 27.5 Å². The summed E-state index contributed by atoms with van der Waals surface area (Å²) in [5.41, 5.74) is 4.49. The Morgan fingerprint density at radius 2 is 1.22 bits per heavy atom. The molecular formula is C49H58O8Si. The van der Waals surface area contributed by atoms with Crippen LogP contribution < -0.4 is 14.2 Å². The van der Waals surface area contributed by atoms with Crippen LogP contribution in [0.5, 0.6) is 23.0 Å². The number of phenolic OH excluding ortho intramolecular Hbond substituents is 1. The van der Waals surface area contributed by atoms with Gasteiger partial charge in [-0.05, 0) is 132 Å². The average Bonchev–Trinajstić information content (AvgIpc) is 3.37. The minimum absolute atomic E-state index is 0.200. The number of benzene rings is 5. The molecule has 2 aliphatic rings. The van der Waals surface area contributed by atoms with Crippen molar-refractivity contribution in [3.05, 3.63) is 125 Å². The maximum absolute atomic E-state index is 10.6. The SMILES string of the molecule is COc1ccc(C2(c3ccc(OCCO[Si](OC(C)(C)C)(OC(C)(C)C)OC(C)(C)C)cc3)C=Cc3c4c(c5ccccc5c3O2)-c2ccc(O)cc2C4(C)C)cc1. The van der Waals surface area contributed by atoms with Crippen LogP contribution in [0.15, 0.2) is 97.1 Å². The normalized spacial score (nSPS) is 17.4. The zero-order chi connectivity index (χ0) is 41.9. The smallest absolute Gasteiger partial charge is 0.508 e. The zero-order valence-electron chi connectivity index (χ0n) is 36.0. The largest absolute Gasteiger partial charge is 0.681 e. The van der Waals surface area contributed by atoms with Crippen molar-refractivity contribution < 1.29 is 37.0 Å². The Kier molecular flexibility index (Phi) is 10.6. The van der Waals surface area contributed by atoms with E-state index in [4.69, 9.17) is 31.9 Å². The second-order valence-corrected chi connectivity index (χ2v) is 20.6. The number of hydrogen-bond donors (Lipinski definition) is 1. The highest BCUT2D eigenvalue weighted by Gasteiger charge is 2.54. The molecule has 5 aromatic carbocycles. The standard InChI is InChI=1S/C49H58O8Si/c1-45(2,3)55-58(56-46(4,5)6,57-47(7,8)9)53-30-29-52-36-24-19-33(20-25-36)49(32-17-22-35(51-12)23-18-32)28-27-40-43-42(37-15-13-14-16-38(37)44(40)54-49)39-26-21-34(50)31-41(39)48(43,10)11/h13-28,31,50H,29-30H2,1-12H3. The third-order valence-electron chi connectivity index (χ3n) is 10.3. The lowest BCUT2D eigenvalue weighted by molar-refractivity contribution is -0.135. The molecule has 0 spiro atoms. The van der Waals surface area contributed by atoms with E-state index in [9.17, 15) is 5.11 Å². The fraction of sp³-hybridized carbons (Fsp3) is 0.388. The van der Waals surface area contributed by atoms with Gasteiger partial charge in [-0.2, -0.15) is 0 Å². The van der Waals surface area contributed by atoms with E-state index in [2.05, 4.69) is 74.5 Å². The van der Waals surface area contributed by atoms with E-state index in [0.717, 1.165) is 50.1 Å². The summed E-state index contributed by atoms with van der Waals surface area (Å²) in [6.45, 7) is 22.6. The van der Waals surface area contributed by atoms with Gasteiger partial charge in [-0.3, -0.25) is 0 Å². The minimum atomic E-state index is -3.64. The summed E-state index contributed by atoms with van der Waals surface area (Å²) in [7, 11) is -1.97. The third kappa shape index (κ3) is 8.16. The van der Waals surface area contributed by atoms with E-state index >= 15 is 0 Å². The molecule has 1 aliphatic heterocycles. The maximum Gasteiger partial charge on any atom is 0.681 e. The lowest BCUT2D eigenvalue weighted by Crippen LogP contribution is -2.59. The molecule has 8 nitrogen and oxygen atoms in total. The Morgan fingerprint density at radius 1 is 0.672 bits per heavy atom. The number of aromatic hydroxyl groups is 1. The molecule has 0 saturated carbocycles. The van der Waals surface area contributed by atoms with Crippen molar-refractivity contribution >= 4 is 25.9 Å². The number of methoxy groups -OCH3 is 1. The van der Waals surface area contributed by atoms with Crippen LogP contribution in [0.1, 0.15) is 104 Å².